The molecule has 0 unspecified atom stereocenters. The number of aromatic nitrogens is 1. The Labute approximate surface area is 240 Å². The molecule has 5 nitrogen and oxygen atoms in total. The number of nitrogens with zero attached hydrogens (tertiary/aromatic N) is 1. The number of aryl methyl sites for hydroxylation is 1. The normalized spacial score (nSPS) is 13.0. The lowest BCUT2D eigenvalue weighted by molar-refractivity contribution is 0.0688. The fourth-order valence-electron chi connectivity index (χ4n) is 4.17. The minimum atomic E-state index is -0.905. The highest BCUT2D eigenvalue weighted by Gasteiger charge is 2.23. The van der Waals surface area contributed by atoms with E-state index >= 15 is 0 Å². The molecule has 4 rings (SSSR count). The highest BCUT2D eigenvalue weighted by Crippen LogP contribution is 2.36. The van der Waals surface area contributed by atoms with Crippen LogP contribution >= 0.6 is 0 Å². The summed E-state index contributed by atoms with van der Waals surface area (Å²) < 4.78 is 11.9. The van der Waals surface area contributed by atoms with Gasteiger partial charge in [-0.1, -0.05) is 82.0 Å². The molecular formula is C35H47NO4. The van der Waals surface area contributed by atoms with Gasteiger partial charge in [0.25, 0.3) is 0 Å². The zero-order valence-electron chi connectivity index (χ0n) is 25.4. The van der Waals surface area contributed by atoms with E-state index in [-0.39, 0.29) is 5.41 Å². The predicted octanol–water partition coefficient (Wildman–Crippen LogP) is 8.73. The Balaban J connectivity index is 0.000000482. The molecule has 1 fully saturated rings. The minimum absolute atomic E-state index is 0.0561. The van der Waals surface area contributed by atoms with Gasteiger partial charge in [-0.25, -0.2) is 4.79 Å². The Morgan fingerprint density at radius 2 is 1.75 bits per heavy atom. The van der Waals surface area contributed by atoms with Crippen LogP contribution in [0.1, 0.15) is 69.1 Å². The van der Waals surface area contributed by atoms with Gasteiger partial charge in [0, 0.05) is 30.1 Å². The van der Waals surface area contributed by atoms with Crippen molar-refractivity contribution in [2.75, 3.05) is 20.3 Å². The Morgan fingerprint density at radius 1 is 1.12 bits per heavy atom. The summed E-state index contributed by atoms with van der Waals surface area (Å²) in [7, 11) is 3.39. The minimum Gasteiger partial charge on any atom is -0.505 e. The first-order valence-corrected chi connectivity index (χ1v) is 13.9. The van der Waals surface area contributed by atoms with Crippen molar-refractivity contribution in [3.8, 4) is 11.1 Å². The van der Waals surface area contributed by atoms with E-state index in [0.29, 0.717) is 12.3 Å². The van der Waals surface area contributed by atoms with Gasteiger partial charge in [0.1, 0.15) is 5.69 Å². The standard InChI is InChI=1S/C26H31NO3.C6H10.C3H6O/c1-26(2,3)20-10-8-19(9-11-20)23-21-15-17(13-14-30-16-18-5-6-18)7-12-22(21)27(4)24(23)25(28)29;1-4-6(3)5-2;1-3-4-2/h7-12,15,18H,5-6,13-14,16H2,1-4H3,(H,28,29);4-5H,1H2,2-3H3;3H,1H2,2H3/b;6-5-;. The molecule has 0 radical (unpaired) electrons. The van der Waals surface area contributed by atoms with E-state index in [1.165, 1.54) is 35.8 Å². The first-order valence-electron chi connectivity index (χ1n) is 13.9. The van der Waals surface area contributed by atoms with Crippen LogP contribution in [0.2, 0.25) is 0 Å². The number of fused-ring (bicyclic) bond motifs is 1. The second kappa shape index (κ2) is 15.3. The van der Waals surface area contributed by atoms with E-state index < -0.39 is 5.97 Å². The van der Waals surface area contributed by atoms with Gasteiger partial charge >= 0.3 is 5.97 Å². The van der Waals surface area contributed by atoms with E-state index in [4.69, 9.17) is 4.74 Å². The monoisotopic (exact) mass is 545 g/mol. The summed E-state index contributed by atoms with van der Waals surface area (Å²) >= 11 is 0. The number of hydrogen-bond acceptors (Lipinski definition) is 3. The van der Waals surface area contributed by atoms with E-state index in [0.717, 1.165) is 41.0 Å². The van der Waals surface area contributed by atoms with Crippen molar-refractivity contribution in [1.82, 2.24) is 4.57 Å². The molecule has 5 heteroatoms. The molecule has 1 saturated carbocycles. The zero-order valence-corrected chi connectivity index (χ0v) is 25.4. The first-order chi connectivity index (χ1) is 19.0. The lowest BCUT2D eigenvalue weighted by Crippen LogP contribution is -2.10. The van der Waals surface area contributed by atoms with Crippen LogP contribution in [0.15, 0.2) is 79.6 Å². The molecule has 0 saturated heterocycles. The van der Waals surface area contributed by atoms with Crippen LogP contribution in [0.5, 0.6) is 0 Å². The van der Waals surface area contributed by atoms with Crippen molar-refractivity contribution in [2.24, 2.45) is 13.0 Å². The van der Waals surface area contributed by atoms with Crippen molar-refractivity contribution in [3.63, 3.8) is 0 Å². The number of carboxylic acid groups (broad SMARTS) is 1. The number of carboxylic acids is 1. The number of allylic oxidation sites excluding steroid dienone is 3. The van der Waals surface area contributed by atoms with Crippen LogP contribution in [-0.2, 0) is 28.4 Å². The number of aromatic carboxylic acids is 1. The molecule has 0 bridgehead atoms. The van der Waals surface area contributed by atoms with Gasteiger partial charge in [0.05, 0.1) is 20.0 Å². The van der Waals surface area contributed by atoms with E-state index in [1.807, 2.05) is 51.2 Å². The number of methoxy groups -OCH3 is 1. The molecular weight excluding hydrogens is 498 g/mol. The van der Waals surface area contributed by atoms with Gasteiger partial charge in [0.2, 0.25) is 0 Å². The lowest BCUT2D eigenvalue weighted by Gasteiger charge is -2.19. The largest absolute Gasteiger partial charge is 0.505 e. The second-order valence-electron chi connectivity index (χ2n) is 11.2. The summed E-state index contributed by atoms with van der Waals surface area (Å²) in [6, 6.07) is 14.6. The maximum absolute atomic E-state index is 12.1. The lowest BCUT2D eigenvalue weighted by atomic mass is 9.86. The van der Waals surface area contributed by atoms with Crippen LogP contribution < -0.4 is 0 Å². The molecule has 216 valence electrons. The topological polar surface area (TPSA) is 60.7 Å². The first kappa shape index (κ1) is 32.6. The average molecular weight is 546 g/mol. The summed E-state index contributed by atoms with van der Waals surface area (Å²) in [5.74, 6) is -0.139. The van der Waals surface area contributed by atoms with Crippen molar-refractivity contribution in [3.05, 3.63) is 96.4 Å². The number of benzene rings is 2. The Kier molecular flexibility index (Phi) is 12.5. The summed E-state index contributed by atoms with van der Waals surface area (Å²) in [6.07, 6.45) is 8.66. The molecule has 0 amide bonds. The zero-order chi connectivity index (χ0) is 29.9. The van der Waals surface area contributed by atoms with Crippen LogP contribution in [0, 0.1) is 5.92 Å². The molecule has 3 aromatic rings. The molecule has 1 aliphatic carbocycles. The maximum atomic E-state index is 12.1. The summed E-state index contributed by atoms with van der Waals surface area (Å²) in [6.45, 7) is 18.9. The van der Waals surface area contributed by atoms with E-state index in [9.17, 15) is 9.90 Å². The molecule has 40 heavy (non-hydrogen) atoms. The molecule has 0 atom stereocenters. The Hall–Kier alpha value is -3.57. The Bertz CT molecular complexity index is 1300. The Morgan fingerprint density at radius 3 is 2.20 bits per heavy atom. The maximum Gasteiger partial charge on any atom is 0.353 e. The van der Waals surface area contributed by atoms with Crippen molar-refractivity contribution < 1.29 is 19.4 Å². The van der Waals surface area contributed by atoms with Crippen LogP contribution in [0.4, 0.5) is 0 Å². The van der Waals surface area contributed by atoms with E-state index in [2.05, 4.69) is 62.9 Å². The fourth-order valence-corrected chi connectivity index (χ4v) is 4.17. The summed E-state index contributed by atoms with van der Waals surface area (Å²) in [5, 5.41) is 10.9. The highest BCUT2D eigenvalue weighted by atomic mass is 16.5. The van der Waals surface area contributed by atoms with Crippen molar-refractivity contribution >= 4 is 16.9 Å². The van der Waals surface area contributed by atoms with Gasteiger partial charge in [0.15, 0.2) is 0 Å². The molecule has 1 aliphatic rings. The molecule has 1 heterocycles. The molecule has 1 aromatic heterocycles. The second-order valence-corrected chi connectivity index (χ2v) is 11.2. The van der Waals surface area contributed by atoms with Crippen molar-refractivity contribution in [1.29, 1.82) is 0 Å². The number of rotatable bonds is 9. The highest BCUT2D eigenvalue weighted by molar-refractivity contribution is 6.08. The van der Waals surface area contributed by atoms with Gasteiger partial charge < -0.3 is 19.1 Å². The number of hydrogen-bond donors (Lipinski definition) is 1. The molecule has 2 aromatic carbocycles. The summed E-state index contributed by atoms with van der Waals surface area (Å²) in [4.78, 5) is 12.1. The molecule has 0 spiro atoms. The third-order valence-corrected chi connectivity index (χ3v) is 7.04. The smallest absolute Gasteiger partial charge is 0.353 e. The van der Waals surface area contributed by atoms with E-state index in [1.54, 1.807) is 11.7 Å². The van der Waals surface area contributed by atoms with Gasteiger partial charge in [-0.15, -0.1) is 0 Å². The van der Waals surface area contributed by atoms with Gasteiger partial charge in [-0.2, -0.15) is 0 Å². The number of carbonyl (C=O) groups is 1. The predicted molar refractivity (Wildman–Crippen MR) is 168 cm³/mol. The van der Waals surface area contributed by atoms with Gasteiger partial charge in [-0.05, 0) is 73.3 Å². The fraction of sp³-hybridized carbons (Fsp3) is 0.400. The van der Waals surface area contributed by atoms with Crippen molar-refractivity contribution in [2.45, 2.75) is 59.3 Å². The van der Waals surface area contributed by atoms with Gasteiger partial charge in [-0.3, -0.25) is 0 Å². The third kappa shape index (κ3) is 9.27. The SMILES string of the molecule is C=C/C(C)=C\C.C=COC.Cn1c(C(=O)O)c(-c2ccc(C(C)(C)C)cc2)c2cc(CCOCC3CC3)ccc21. The van der Waals surface area contributed by atoms with Crippen LogP contribution in [0.25, 0.3) is 22.0 Å². The molecule has 0 aliphatic heterocycles. The number of ether oxygens (including phenoxy) is 2. The average Bonchev–Trinajstić information content (AvgIpc) is 3.72. The summed E-state index contributed by atoms with van der Waals surface area (Å²) in [5.41, 5.74) is 6.69. The molecule has 1 N–H and O–H groups in total. The quantitative estimate of drug-likeness (QED) is 0.166. The van der Waals surface area contributed by atoms with Crippen LogP contribution in [-0.4, -0.2) is 36.0 Å². The van der Waals surface area contributed by atoms with Crippen LogP contribution in [0.3, 0.4) is 0 Å². The third-order valence-electron chi connectivity index (χ3n) is 7.04.